The van der Waals surface area contributed by atoms with Crippen LogP contribution in [0, 0.1) is 23.0 Å². The van der Waals surface area contributed by atoms with Gasteiger partial charge in [-0.15, -0.1) is 0 Å². The summed E-state index contributed by atoms with van der Waals surface area (Å²) < 4.78 is 0. The Morgan fingerprint density at radius 3 is 2.70 bits per heavy atom. The van der Waals surface area contributed by atoms with Crippen LogP contribution in [-0.4, -0.2) is 33.1 Å². The lowest BCUT2D eigenvalue weighted by atomic mass is 10.0. The summed E-state index contributed by atoms with van der Waals surface area (Å²) in [5.74, 6) is 5.70. The Balaban J connectivity index is 2.96. The number of nitro groups is 1. The summed E-state index contributed by atoms with van der Waals surface area (Å²) in [4.78, 5) is 18.4. The lowest BCUT2D eigenvalue weighted by Gasteiger charge is -2.15. The van der Waals surface area contributed by atoms with Crippen molar-refractivity contribution in [3.8, 4) is 0 Å². The lowest BCUT2D eigenvalue weighted by Crippen LogP contribution is -2.19. The van der Waals surface area contributed by atoms with Gasteiger partial charge in [0.25, 0.3) is 0 Å². The quantitative estimate of drug-likeness (QED) is 0.312. The maximum Gasteiger partial charge on any atom is 0.332 e. The highest BCUT2D eigenvalue weighted by Gasteiger charge is 2.22. The van der Waals surface area contributed by atoms with E-state index in [0.717, 1.165) is 6.42 Å². The molecule has 0 spiro atoms. The zero-order chi connectivity index (χ0) is 15.1. The number of hydrogen-bond donors (Lipinski definition) is 4. The van der Waals surface area contributed by atoms with Crippen LogP contribution in [0.5, 0.6) is 0 Å². The highest BCUT2D eigenvalue weighted by atomic mass is 16.6. The second-order valence-electron chi connectivity index (χ2n) is 4.40. The van der Waals surface area contributed by atoms with Crippen LogP contribution < -0.4 is 16.6 Å². The zero-order valence-corrected chi connectivity index (χ0v) is 11.6. The Labute approximate surface area is 116 Å². The summed E-state index contributed by atoms with van der Waals surface area (Å²) >= 11 is 0. The van der Waals surface area contributed by atoms with Crippen LogP contribution >= 0.6 is 0 Å². The Hall–Kier alpha value is -2.00. The molecule has 0 saturated heterocycles. The molecule has 9 nitrogen and oxygen atoms in total. The lowest BCUT2D eigenvalue weighted by molar-refractivity contribution is -0.385. The first-order chi connectivity index (χ1) is 9.53. The van der Waals surface area contributed by atoms with Gasteiger partial charge in [-0.3, -0.25) is 15.5 Å². The van der Waals surface area contributed by atoms with Crippen LogP contribution in [0.3, 0.4) is 0 Å². The van der Waals surface area contributed by atoms with Crippen molar-refractivity contribution in [2.75, 3.05) is 23.9 Å². The molecule has 0 aliphatic carbocycles. The summed E-state index contributed by atoms with van der Waals surface area (Å²) in [6, 6.07) is 0. The standard InChI is InChI=1S/C11H20N6O3/c1-3-8(4-5-18)6-13-10-9(17(19)20)7(2)14-11(15-10)16-12/h8,18H,3-6,12H2,1-2H3,(H2,13,14,15,16). The van der Waals surface area contributed by atoms with Crippen LogP contribution in [0.25, 0.3) is 0 Å². The number of nitrogens with one attached hydrogen (secondary N) is 2. The number of rotatable bonds is 8. The molecule has 0 amide bonds. The molecule has 112 valence electrons. The Bertz CT molecular complexity index is 468. The van der Waals surface area contributed by atoms with Gasteiger partial charge in [0.05, 0.1) is 4.92 Å². The molecule has 0 fully saturated rings. The first kappa shape index (κ1) is 16.1. The van der Waals surface area contributed by atoms with Crippen molar-refractivity contribution in [1.29, 1.82) is 0 Å². The van der Waals surface area contributed by atoms with Gasteiger partial charge in [-0.2, -0.15) is 4.98 Å². The average Bonchev–Trinajstić information content (AvgIpc) is 2.42. The zero-order valence-electron chi connectivity index (χ0n) is 11.6. The molecule has 1 heterocycles. The molecule has 0 aliphatic heterocycles. The topological polar surface area (TPSA) is 139 Å². The van der Waals surface area contributed by atoms with Gasteiger partial charge in [-0.25, -0.2) is 10.8 Å². The number of aromatic nitrogens is 2. The van der Waals surface area contributed by atoms with E-state index in [1.165, 1.54) is 6.92 Å². The molecule has 0 aromatic carbocycles. The minimum Gasteiger partial charge on any atom is -0.396 e. The molecule has 1 aromatic heterocycles. The van der Waals surface area contributed by atoms with E-state index < -0.39 is 4.92 Å². The summed E-state index contributed by atoms with van der Waals surface area (Å²) in [5, 5.41) is 23.0. The second kappa shape index (κ2) is 7.56. The van der Waals surface area contributed by atoms with E-state index in [1.807, 2.05) is 6.92 Å². The molecule has 1 atom stereocenters. The number of nitrogens with zero attached hydrogens (tertiary/aromatic N) is 3. The van der Waals surface area contributed by atoms with Crippen molar-refractivity contribution < 1.29 is 10.0 Å². The largest absolute Gasteiger partial charge is 0.396 e. The third-order valence-corrected chi connectivity index (χ3v) is 3.04. The van der Waals surface area contributed by atoms with E-state index in [4.69, 9.17) is 10.9 Å². The Morgan fingerprint density at radius 2 is 2.20 bits per heavy atom. The first-order valence-corrected chi connectivity index (χ1v) is 6.37. The molecule has 20 heavy (non-hydrogen) atoms. The van der Waals surface area contributed by atoms with Gasteiger partial charge in [0.1, 0.15) is 5.69 Å². The van der Waals surface area contributed by atoms with Gasteiger partial charge in [0, 0.05) is 13.2 Å². The molecule has 0 radical (unpaired) electrons. The fourth-order valence-electron chi connectivity index (χ4n) is 1.85. The Morgan fingerprint density at radius 1 is 1.50 bits per heavy atom. The van der Waals surface area contributed by atoms with Crippen molar-refractivity contribution in [2.45, 2.75) is 26.7 Å². The molecule has 9 heteroatoms. The minimum absolute atomic E-state index is 0.0840. The third kappa shape index (κ3) is 4.00. The van der Waals surface area contributed by atoms with Crippen molar-refractivity contribution in [2.24, 2.45) is 11.8 Å². The number of aliphatic hydroxyl groups excluding tert-OH is 1. The van der Waals surface area contributed by atoms with Gasteiger partial charge >= 0.3 is 5.69 Å². The fourth-order valence-corrected chi connectivity index (χ4v) is 1.85. The number of nitrogens with two attached hydrogens (primary N) is 1. The molecular formula is C11H20N6O3. The molecule has 0 saturated carbocycles. The van der Waals surface area contributed by atoms with Gasteiger partial charge in [-0.1, -0.05) is 13.3 Å². The second-order valence-corrected chi connectivity index (χ2v) is 4.40. The number of hydrogen-bond acceptors (Lipinski definition) is 8. The van der Waals surface area contributed by atoms with Crippen LogP contribution in [0.15, 0.2) is 0 Å². The van der Waals surface area contributed by atoms with Crippen LogP contribution in [-0.2, 0) is 0 Å². The summed E-state index contributed by atoms with van der Waals surface area (Å²) in [6.07, 6.45) is 1.48. The predicted molar refractivity (Wildman–Crippen MR) is 75.2 cm³/mol. The fraction of sp³-hybridized carbons (Fsp3) is 0.636. The number of aryl methyl sites for hydroxylation is 1. The smallest absolute Gasteiger partial charge is 0.332 e. The average molecular weight is 284 g/mol. The maximum absolute atomic E-state index is 11.1. The van der Waals surface area contributed by atoms with Crippen LogP contribution in [0.1, 0.15) is 25.5 Å². The number of nitrogen functional groups attached to an aromatic ring is 1. The summed E-state index contributed by atoms with van der Waals surface area (Å²) in [5.41, 5.74) is 2.34. The molecule has 0 bridgehead atoms. The van der Waals surface area contributed by atoms with E-state index in [1.54, 1.807) is 0 Å². The van der Waals surface area contributed by atoms with Crippen molar-refractivity contribution in [1.82, 2.24) is 9.97 Å². The molecule has 1 unspecified atom stereocenters. The van der Waals surface area contributed by atoms with Crippen molar-refractivity contribution in [3.63, 3.8) is 0 Å². The van der Waals surface area contributed by atoms with Gasteiger partial charge in [-0.05, 0) is 19.3 Å². The first-order valence-electron chi connectivity index (χ1n) is 6.37. The van der Waals surface area contributed by atoms with E-state index in [9.17, 15) is 10.1 Å². The van der Waals surface area contributed by atoms with Crippen molar-refractivity contribution >= 4 is 17.5 Å². The number of aliphatic hydroxyl groups is 1. The monoisotopic (exact) mass is 284 g/mol. The highest BCUT2D eigenvalue weighted by molar-refractivity contribution is 5.60. The molecular weight excluding hydrogens is 264 g/mol. The normalized spacial score (nSPS) is 12.0. The minimum atomic E-state index is -0.523. The predicted octanol–water partition coefficient (Wildman–Crippen LogP) is 0.799. The van der Waals surface area contributed by atoms with Crippen LogP contribution in [0.2, 0.25) is 0 Å². The van der Waals surface area contributed by atoms with Crippen LogP contribution in [0.4, 0.5) is 17.5 Å². The van der Waals surface area contributed by atoms with Crippen molar-refractivity contribution in [3.05, 3.63) is 15.8 Å². The molecule has 1 rings (SSSR count). The maximum atomic E-state index is 11.1. The number of anilines is 2. The van der Waals surface area contributed by atoms with E-state index in [-0.39, 0.29) is 35.7 Å². The molecule has 5 N–H and O–H groups in total. The van der Waals surface area contributed by atoms with Gasteiger partial charge in [0.2, 0.25) is 11.8 Å². The number of hydrazine groups is 1. The molecule has 0 aliphatic rings. The van der Waals surface area contributed by atoms with E-state index in [2.05, 4.69) is 20.7 Å². The van der Waals surface area contributed by atoms with E-state index >= 15 is 0 Å². The Kier molecular flexibility index (Phi) is 6.07. The summed E-state index contributed by atoms with van der Waals surface area (Å²) in [7, 11) is 0. The molecule has 1 aromatic rings. The summed E-state index contributed by atoms with van der Waals surface area (Å²) in [6.45, 7) is 4.09. The van der Waals surface area contributed by atoms with Gasteiger partial charge in [0.15, 0.2) is 0 Å². The third-order valence-electron chi connectivity index (χ3n) is 3.04. The van der Waals surface area contributed by atoms with E-state index in [0.29, 0.717) is 13.0 Å². The highest BCUT2D eigenvalue weighted by Crippen LogP contribution is 2.26. The SMILES string of the molecule is CCC(CCO)CNc1nc(NN)nc(C)c1[N+](=O)[O-]. The van der Waals surface area contributed by atoms with Gasteiger partial charge < -0.3 is 10.4 Å².